The molecule has 0 saturated heterocycles. The Morgan fingerprint density at radius 3 is 2.52 bits per heavy atom. The Kier molecular flexibility index (Phi) is 4.68. The summed E-state index contributed by atoms with van der Waals surface area (Å²) in [7, 11) is 0. The van der Waals surface area contributed by atoms with E-state index in [1.165, 1.54) is 12.1 Å². The van der Waals surface area contributed by atoms with Crippen molar-refractivity contribution in [3.8, 4) is 5.75 Å². The van der Waals surface area contributed by atoms with E-state index < -0.39 is 6.10 Å². The van der Waals surface area contributed by atoms with Gasteiger partial charge in [-0.3, -0.25) is 4.79 Å². The van der Waals surface area contributed by atoms with Crippen LogP contribution < -0.4 is 5.56 Å². The van der Waals surface area contributed by atoms with E-state index in [0.29, 0.717) is 16.8 Å². The number of H-pyrrole nitrogens is 1. The van der Waals surface area contributed by atoms with E-state index in [9.17, 15) is 15.0 Å². The third kappa shape index (κ3) is 3.27. The summed E-state index contributed by atoms with van der Waals surface area (Å²) in [6.07, 6.45) is 1.21. The van der Waals surface area contributed by atoms with Crippen LogP contribution in [-0.4, -0.2) is 15.2 Å². The molecule has 0 bridgehead atoms. The number of aromatic hydroxyl groups is 1. The normalized spacial score (nSPS) is 14.5. The van der Waals surface area contributed by atoms with Crippen LogP contribution >= 0.6 is 0 Å². The first kappa shape index (κ1) is 15.6. The lowest BCUT2D eigenvalue weighted by molar-refractivity contribution is 0.0938. The molecular weight excluding hydrogens is 266 g/mol. The van der Waals surface area contributed by atoms with Gasteiger partial charge in [-0.1, -0.05) is 33.3 Å². The van der Waals surface area contributed by atoms with E-state index in [-0.39, 0.29) is 17.2 Å². The van der Waals surface area contributed by atoms with Crippen LogP contribution in [-0.2, 0) is 0 Å². The number of rotatable bonds is 5. The van der Waals surface area contributed by atoms with Crippen LogP contribution in [0.2, 0.25) is 0 Å². The van der Waals surface area contributed by atoms with Gasteiger partial charge >= 0.3 is 0 Å². The standard InChI is InChI=1S/C17H23NO3/c1-4-11(9-10(2)3)17(21)13-5-7-14(19)16-12(13)6-8-15(20)18-16/h5-8,10-11,17,19,21H,4,9H2,1-3H3,(H,18,20)/t11-,17+/m1/s1. The summed E-state index contributed by atoms with van der Waals surface area (Å²) in [5.41, 5.74) is 0.878. The lowest BCUT2D eigenvalue weighted by Crippen LogP contribution is -2.15. The Morgan fingerprint density at radius 2 is 1.90 bits per heavy atom. The van der Waals surface area contributed by atoms with Gasteiger partial charge in [0.05, 0.1) is 11.6 Å². The molecule has 0 fully saturated rings. The number of phenolic OH excluding ortho intramolecular Hbond substituents is 1. The average Bonchev–Trinajstić information content (AvgIpc) is 2.45. The first-order valence-corrected chi connectivity index (χ1v) is 7.47. The summed E-state index contributed by atoms with van der Waals surface area (Å²) in [4.78, 5) is 14.1. The van der Waals surface area contributed by atoms with Gasteiger partial charge in [-0.2, -0.15) is 0 Å². The van der Waals surface area contributed by atoms with Gasteiger partial charge in [-0.25, -0.2) is 0 Å². The van der Waals surface area contributed by atoms with Gasteiger partial charge in [-0.05, 0) is 36.0 Å². The largest absolute Gasteiger partial charge is 0.506 e. The molecular formula is C17H23NO3. The number of aromatic amines is 1. The van der Waals surface area contributed by atoms with Gasteiger partial charge in [-0.15, -0.1) is 0 Å². The molecule has 2 rings (SSSR count). The molecule has 1 aromatic heterocycles. The number of aromatic nitrogens is 1. The van der Waals surface area contributed by atoms with Crippen molar-refractivity contribution < 1.29 is 10.2 Å². The summed E-state index contributed by atoms with van der Waals surface area (Å²) in [5, 5.41) is 21.3. The number of aliphatic hydroxyl groups is 1. The predicted octanol–water partition coefficient (Wildman–Crippen LogP) is 3.34. The lowest BCUT2D eigenvalue weighted by Gasteiger charge is -2.24. The van der Waals surface area contributed by atoms with Gasteiger partial charge in [0, 0.05) is 11.5 Å². The molecule has 0 spiro atoms. The number of benzene rings is 1. The van der Waals surface area contributed by atoms with Crippen molar-refractivity contribution in [1.29, 1.82) is 0 Å². The number of hydrogen-bond acceptors (Lipinski definition) is 3. The van der Waals surface area contributed by atoms with Crippen LogP contribution in [0.4, 0.5) is 0 Å². The maximum absolute atomic E-state index is 11.4. The van der Waals surface area contributed by atoms with Crippen molar-refractivity contribution in [1.82, 2.24) is 4.98 Å². The van der Waals surface area contributed by atoms with Gasteiger partial charge in [0.25, 0.3) is 0 Å². The molecule has 4 heteroatoms. The van der Waals surface area contributed by atoms with Gasteiger partial charge in [0.2, 0.25) is 5.56 Å². The smallest absolute Gasteiger partial charge is 0.248 e. The Labute approximate surface area is 124 Å². The van der Waals surface area contributed by atoms with Gasteiger partial charge in [0.15, 0.2) is 0 Å². The van der Waals surface area contributed by atoms with Crippen LogP contribution in [0.25, 0.3) is 10.9 Å². The third-order valence-corrected chi connectivity index (χ3v) is 3.97. The first-order chi connectivity index (χ1) is 9.93. The zero-order valence-electron chi connectivity index (χ0n) is 12.8. The molecule has 114 valence electrons. The van der Waals surface area contributed by atoms with Crippen molar-refractivity contribution in [3.63, 3.8) is 0 Å². The zero-order valence-corrected chi connectivity index (χ0v) is 12.8. The van der Waals surface area contributed by atoms with Crippen molar-refractivity contribution in [2.75, 3.05) is 0 Å². The van der Waals surface area contributed by atoms with E-state index in [0.717, 1.165) is 18.4 Å². The topological polar surface area (TPSA) is 73.3 Å². The summed E-state index contributed by atoms with van der Waals surface area (Å²) in [5.74, 6) is 0.688. The van der Waals surface area contributed by atoms with Crippen molar-refractivity contribution in [3.05, 3.63) is 40.2 Å². The maximum atomic E-state index is 11.4. The summed E-state index contributed by atoms with van der Waals surface area (Å²) < 4.78 is 0. The Bertz CT molecular complexity index is 675. The van der Waals surface area contributed by atoms with Gasteiger partial charge < -0.3 is 15.2 Å². The highest BCUT2D eigenvalue weighted by atomic mass is 16.3. The molecule has 0 aliphatic rings. The highest BCUT2D eigenvalue weighted by molar-refractivity contribution is 5.87. The Morgan fingerprint density at radius 1 is 1.19 bits per heavy atom. The molecule has 21 heavy (non-hydrogen) atoms. The second-order valence-electron chi connectivity index (χ2n) is 6.03. The Hall–Kier alpha value is -1.81. The number of aliphatic hydroxyl groups excluding tert-OH is 1. The van der Waals surface area contributed by atoms with E-state index in [1.54, 1.807) is 12.1 Å². The molecule has 0 aliphatic carbocycles. The van der Waals surface area contributed by atoms with E-state index in [4.69, 9.17) is 0 Å². The van der Waals surface area contributed by atoms with E-state index >= 15 is 0 Å². The molecule has 0 aliphatic heterocycles. The number of hydrogen-bond donors (Lipinski definition) is 3. The number of pyridine rings is 1. The molecule has 0 saturated carbocycles. The minimum absolute atomic E-state index is 0.0237. The molecule has 0 amide bonds. The summed E-state index contributed by atoms with van der Waals surface area (Å²) in [6.45, 7) is 6.35. The predicted molar refractivity (Wildman–Crippen MR) is 84.4 cm³/mol. The monoisotopic (exact) mass is 289 g/mol. The summed E-state index contributed by atoms with van der Waals surface area (Å²) >= 11 is 0. The highest BCUT2D eigenvalue weighted by Crippen LogP contribution is 2.35. The van der Waals surface area contributed by atoms with Crippen LogP contribution in [0.1, 0.15) is 45.3 Å². The zero-order chi connectivity index (χ0) is 15.6. The fourth-order valence-electron chi connectivity index (χ4n) is 2.90. The molecule has 4 nitrogen and oxygen atoms in total. The van der Waals surface area contributed by atoms with Crippen LogP contribution in [0.3, 0.4) is 0 Å². The number of fused-ring (bicyclic) bond motifs is 1. The fourth-order valence-corrected chi connectivity index (χ4v) is 2.90. The number of nitrogens with one attached hydrogen (secondary N) is 1. The Balaban J connectivity index is 2.50. The minimum Gasteiger partial charge on any atom is -0.506 e. The SMILES string of the molecule is CC[C@H](CC(C)C)[C@H](O)c1ccc(O)c2[nH]c(=O)ccc12. The van der Waals surface area contributed by atoms with Crippen LogP contribution in [0, 0.1) is 11.8 Å². The van der Waals surface area contributed by atoms with E-state index in [2.05, 4.69) is 25.8 Å². The van der Waals surface area contributed by atoms with Crippen LogP contribution in [0.5, 0.6) is 5.75 Å². The molecule has 1 aromatic carbocycles. The molecule has 3 N–H and O–H groups in total. The molecule has 1 heterocycles. The first-order valence-electron chi connectivity index (χ1n) is 7.47. The minimum atomic E-state index is -0.605. The molecule has 0 radical (unpaired) electrons. The molecule has 0 unspecified atom stereocenters. The maximum Gasteiger partial charge on any atom is 0.248 e. The quantitative estimate of drug-likeness (QED) is 0.790. The molecule has 2 atom stereocenters. The lowest BCUT2D eigenvalue weighted by atomic mass is 9.85. The van der Waals surface area contributed by atoms with E-state index in [1.807, 2.05) is 0 Å². The second kappa shape index (κ2) is 6.31. The number of phenols is 1. The third-order valence-electron chi connectivity index (χ3n) is 3.97. The summed E-state index contributed by atoms with van der Waals surface area (Å²) in [6, 6.07) is 6.35. The fraction of sp³-hybridized carbons (Fsp3) is 0.471. The van der Waals surface area contributed by atoms with Crippen molar-refractivity contribution in [2.24, 2.45) is 11.8 Å². The second-order valence-corrected chi connectivity index (χ2v) is 6.03. The highest BCUT2D eigenvalue weighted by Gasteiger charge is 2.22. The molecule has 2 aromatic rings. The van der Waals surface area contributed by atoms with Crippen molar-refractivity contribution >= 4 is 10.9 Å². The van der Waals surface area contributed by atoms with Crippen LogP contribution in [0.15, 0.2) is 29.1 Å². The average molecular weight is 289 g/mol. The van der Waals surface area contributed by atoms with Crippen molar-refractivity contribution in [2.45, 2.75) is 39.7 Å². The van der Waals surface area contributed by atoms with Gasteiger partial charge in [0.1, 0.15) is 5.75 Å².